The van der Waals surface area contributed by atoms with Crippen LogP contribution in [0.25, 0.3) is 0 Å². The minimum Gasteiger partial charge on any atom is -0.549 e. The zero-order valence-corrected chi connectivity index (χ0v) is 26.4. The Bertz CT molecular complexity index is 557. The third kappa shape index (κ3) is 15.7. The van der Waals surface area contributed by atoms with E-state index < -0.39 is 58.9 Å². The van der Waals surface area contributed by atoms with Crippen LogP contribution < -0.4 is 149 Å². The Hall–Kier alpha value is 1.26. The zero-order chi connectivity index (χ0) is 21.6. The van der Waals surface area contributed by atoms with Gasteiger partial charge in [-0.2, -0.15) is 0 Å². The minimum absolute atomic E-state index is 0. The molecule has 0 spiro atoms. The van der Waals surface area contributed by atoms with Gasteiger partial charge in [-0.1, -0.05) is 0 Å². The van der Waals surface area contributed by atoms with E-state index in [9.17, 15) is 59.4 Å². The number of carboxylic acids is 6. The summed E-state index contributed by atoms with van der Waals surface area (Å²) in [4.78, 5) is 60.7. The summed E-state index contributed by atoms with van der Waals surface area (Å²) in [5.41, 5.74) is -6.12. The Labute approximate surface area is 273 Å². The number of carbonyl (C=O) groups is 6. The molecule has 2 unspecified atom stereocenters. The second-order valence-electron chi connectivity index (χ2n) is 5.01. The van der Waals surface area contributed by atoms with E-state index in [1.807, 2.05) is 0 Å². The average molecular weight is 526 g/mol. The largest absolute Gasteiger partial charge is 2.00 e. The Kier molecular flexibility index (Phi) is 32.9. The van der Waals surface area contributed by atoms with Crippen molar-refractivity contribution in [3.05, 3.63) is 0 Å². The summed E-state index contributed by atoms with van der Waals surface area (Å²) in [5.74, 6) is -18.8. The zero-order valence-electron chi connectivity index (χ0n) is 17.3. The van der Waals surface area contributed by atoms with Crippen LogP contribution in [-0.4, -0.2) is 57.2 Å². The second kappa shape index (κ2) is 20.6. The predicted molar refractivity (Wildman–Crippen MR) is 58.3 cm³/mol. The molecule has 14 nitrogen and oxygen atoms in total. The number of aliphatic carboxylic acids is 6. The minimum atomic E-state index is -3.06. The molecule has 19 heteroatoms. The molecule has 154 valence electrons. The van der Waals surface area contributed by atoms with Crippen LogP contribution in [0.2, 0.25) is 0 Å². The standard InChI is InChI=1S/2C6H8O7.Fe.4Na/c2*1-6(13,5(11)12)2(3(7)8)4(9)10;;;;;/h2*2,13H,1H3,(H,7,8)(H,9,10)(H,11,12);;;;;/q;;+2;4*+1/p-6. The van der Waals surface area contributed by atoms with Gasteiger partial charge in [-0.25, -0.2) is 0 Å². The van der Waals surface area contributed by atoms with E-state index in [1.54, 1.807) is 0 Å². The summed E-state index contributed by atoms with van der Waals surface area (Å²) in [7, 11) is 0. The van der Waals surface area contributed by atoms with E-state index in [1.165, 1.54) is 0 Å². The van der Waals surface area contributed by atoms with Crippen molar-refractivity contribution in [1.82, 2.24) is 0 Å². The molecule has 0 fully saturated rings. The van der Waals surface area contributed by atoms with E-state index >= 15 is 0 Å². The summed E-state index contributed by atoms with van der Waals surface area (Å²) in [6, 6.07) is 0. The first-order valence-electron chi connectivity index (χ1n) is 6.13. The molecule has 0 amide bonds. The molecule has 31 heavy (non-hydrogen) atoms. The number of hydrogen-bond acceptors (Lipinski definition) is 14. The van der Waals surface area contributed by atoms with Crippen LogP contribution in [0.4, 0.5) is 0 Å². The molecular weight excluding hydrogens is 516 g/mol. The van der Waals surface area contributed by atoms with E-state index in [0.29, 0.717) is 13.8 Å². The van der Waals surface area contributed by atoms with Crippen LogP contribution in [0.3, 0.4) is 0 Å². The molecule has 0 bridgehead atoms. The van der Waals surface area contributed by atoms with Gasteiger partial charge in [-0.3, -0.25) is 0 Å². The van der Waals surface area contributed by atoms with Crippen LogP contribution in [-0.2, 0) is 45.8 Å². The molecule has 0 rings (SSSR count). The maximum atomic E-state index is 10.1. The van der Waals surface area contributed by atoms with Crippen molar-refractivity contribution in [2.75, 3.05) is 0 Å². The Balaban J connectivity index is -0.0000000640. The van der Waals surface area contributed by atoms with Gasteiger partial charge >= 0.3 is 135 Å². The maximum absolute atomic E-state index is 10.1. The Morgan fingerprint density at radius 1 is 0.548 bits per heavy atom. The van der Waals surface area contributed by atoms with Crippen molar-refractivity contribution in [3.63, 3.8) is 0 Å². The van der Waals surface area contributed by atoms with E-state index in [2.05, 4.69) is 0 Å². The fourth-order valence-corrected chi connectivity index (χ4v) is 1.35. The van der Waals surface area contributed by atoms with Crippen LogP contribution >= 0.6 is 0 Å². The van der Waals surface area contributed by atoms with Gasteiger partial charge < -0.3 is 69.6 Å². The maximum Gasteiger partial charge on any atom is 2.00 e. The van der Waals surface area contributed by atoms with Crippen molar-refractivity contribution in [2.45, 2.75) is 25.0 Å². The third-order valence-corrected chi connectivity index (χ3v) is 2.89. The molecule has 0 aliphatic rings. The summed E-state index contributed by atoms with van der Waals surface area (Å²) < 4.78 is 0. The van der Waals surface area contributed by atoms with E-state index in [0.717, 1.165) is 0 Å². The van der Waals surface area contributed by atoms with Crippen molar-refractivity contribution < 1.29 is 205 Å². The van der Waals surface area contributed by atoms with E-state index in [-0.39, 0.29) is 135 Å². The summed E-state index contributed by atoms with van der Waals surface area (Å²) in [6.45, 7) is 0.942. The van der Waals surface area contributed by atoms with Crippen LogP contribution in [0.1, 0.15) is 13.8 Å². The van der Waals surface area contributed by atoms with Crippen LogP contribution in [0.5, 0.6) is 0 Å². The van der Waals surface area contributed by atoms with Gasteiger partial charge in [0, 0.05) is 0 Å². The van der Waals surface area contributed by atoms with Crippen molar-refractivity contribution in [1.29, 1.82) is 0 Å². The molecule has 0 aliphatic carbocycles. The summed E-state index contributed by atoms with van der Waals surface area (Å²) >= 11 is 0. The van der Waals surface area contributed by atoms with Gasteiger partial charge in [0.25, 0.3) is 0 Å². The third-order valence-electron chi connectivity index (χ3n) is 2.89. The number of rotatable bonds is 8. The molecule has 0 aromatic rings. The van der Waals surface area contributed by atoms with Gasteiger partial charge in [0.05, 0.1) is 47.7 Å². The van der Waals surface area contributed by atoms with Gasteiger partial charge in [-0.05, 0) is 13.8 Å². The smallest absolute Gasteiger partial charge is 0.549 e. The molecule has 0 saturated carbocycles. The number of carbonyl (C=O) groups excluding carboxylic acids is 6. The first-order chi connectivity index (χ1) is 11.4. The normalized spacial score (nSPS) is 12.6. The summed E-state index contributed by atoms with van der Waals surface area (Å²) in [5, 5.41) is 78.5. The van der Waals surface area contributed by atoms with Gasteiger partial charge in [0.15, 0.2) is 0 Å². The number of carboxylic acid groups (broad SMARTS) is 6. The molecule has 0 radical (unpaired) electrons. The first-order valence-corrected chi connectivity index (χ1v) is 6.13. The Morgan fingerprint density at radius 2 is 0.677 bits per heavy atom. The molecule has 0 heterocycles. The second-order valence-corrected chi connectivity index (χ2v) is 5.01. The fourth-order valence-electron chi connectivity index (χ4n) is 1.35. The fraction of sp³-hybridized carbons (Fsp3) is 0.500. The van der Waals surface area contributed by atoms with E-state index in [4.69, 9.17) is 10.2 Å². The van der Waals surface area contributed by atoms with Crippen molar-refractivity contribution in [3.8, 4) is 0 Å². The van der Waals surface area contributed by atoms with Gasteiger partial charge in [-0.15, -0.1) is 0 Å². The topological polar surface area (TPSA) is 281 Å². The monoisotopic (exact) mass is 526 g/mol. The molecular formula is C12H10FeNa4O14. The van der Waals surface area contributed by atoms with Crippen LogP contribution in [0, 0.1) is 11.8 Å². The SMILES string of the molecule is CC(O)(C(=O)[O-])C(C(=O)[O-])C(=O)[O-].CC(O)(C(=O)[O-])C(C(=O)[O-])C(=O)[O-].[Fe+2].[Na+].[Na+].[Na+].[Na+]. The van der Waals surface area contributed by atoms with Crippen molar-refractivity contribution in [2.24, 2.45) is 11.8 Å². The van der Waals surface area contributed by atoms with Gasteiger partial charge in [0.1, 0.15) is 11.2 Å². The molecule has 2 atom stereocenters. The average Bonchev–Trinajstić information content (AvgIpc) is 2.35. The predicted octanol–water partition coefficient (Wildman–Crippen LogP) is -22.8. The molecule has 0 aliphatic heterocycles. The molecule has 0 aromatic heterocycles. The number of hydrogen-bond donors (Lipinski definition) is 2. The quantitative estimate of drug-likeness (QED) is 0.219. The number of aliphatic hydroxyl groups is 2. The molecule has 2 N–H and O–H groups in total. The van der Waals surface area contributed by atoms with Crippen LogP contribution in [0.15, 0.2) is 0 Å². The van der Waals surface area contributed by atoms with Gasteiger partial charge in [0.2, 0.25) is 0 Å². The Morgan fingerprint density at radius 3 is 0.710 bits per heavy atom. The summed E-state index contributed by atoms with van der Waals surface area (Å²) in [6.07, 6.45) is 0. The first kappa shape index (κ1) is 49.4. The van der Waals surface area contributed by atoms with Crippen molar-refractivity contribution >= 4 is 35.8 Å². The molecule has 0 saturated heterocycles. The molecule has 0 aromatic carbocycles.